The molecule has 1 heterocycles. The number of unbranched alkanes of at least 4 members (excludes halogenated alkanes) is 15. The molecule has 0 radical (unpaired) electrons. The number of rotatable bonds is 24. The molecule has 2 aromatic rings. The van der Waals surface area contributed by atoms with Gasteiger partial charge in [-0.2, -0.15) is 0 Å². The molecule has 0 amide bonds. The van der Waals surface area contributed by atoms with Gasteiger partial charge in [0, 0.05) is 5.56 Å². The Hall–Kier alpha value is -2.10. The van der Waals surface area contributed by atoms with Crippen LogP contribution in [0.2, 0.25) is 0 Å². The van der Waals surface area contributed by atoms with Crippen molar-refractivity contribution in [1.82, 2.24) is 9.97 Å². The fraction of sp³-hybridized carbons (Fsp3) is 0.706. The van der Waals surface area contributed by atoms with Crippen LogP contribution in [0.3, 0.4) is 0 Å². The minimum atomic E-state index is 0.722. The molecule has 0 saturated heterocycles. The number of nitrogens with zero attached hydrogens (tertiary/aromatic N) is 2. The zero-order valence-electron chi connectivity index (χ0n) is 24.3. The van der Waals surface area contributed by atoms with Crippen LogP contribution < -0.4 is 9.47 Å². The van der Waals surface area contributed by atoms with Crippen LogP contribution in [-0.4, -0.2) is 23.2 Å². The molecule has 4 nitrogen and oxygen atoms in total. The monoisotopic (exact) mass is 522 g/mol. The van der Waals surface area contributed by atoms with Gasteiger partial charge in [0.25, 0.3) is 0 Å². The summed E-state index contributed by atoms with van der Waals surface area (Å²) in [5, 5.41) is 0. The second kappa shape index (κ2) is 19.9. The van der Waals surface area contributed by atoms with Crippen molar-refractivity contribution in [3.63, 3.8) is 0 Å². The highest BCUT2D eigenvalue weighted by molar-refractivity contribution is 5.56. The van der Waals surface area contributed by atoms with Crippen LogP contribution in [0.1, 0.15) is 135 Å². The maximum absolute atomic E-state index is 5.93. The predicted molar refractivity (Wildman–Crippen MR) is 160 cm³/mol. The zero-order valence-corrected chi connectivity index (χ0v) is 24.3. The van der Waals surface area contributed by atoms with Crippen LogP contribution in [0.5, 0.6) is 11.5 Å². The third kappa shape index (κ3) is 14.2. The van der Waals surface area contributed by atoms with Crippen molar-refractivity contribution in [2.24, 2.45) is 5.92 Å². The maximum atomic E-state index is 5.93. The number of hydrogen-bond acceptors (Lipinski definition) is 4. The van der Waals surface area contributed by atoms with Gasteiger partial charge in [0.15, 0.2) is 11.6 Å². The van der Waals surface area contributed by atoms with Crippen molar-refractivity contribution in [3.05, 3.63) is 36.7 Å². The van der Waals surface area contributed by atoms with E-state index in [2.05, 4.69) is 16.9 Å². The second-order valence-electron chi connectivity index (χ2n) is 11.4. The molecule has 38 heavy (non-hydrogen) atoms. The Morgan fingerprint density at radius 1 is 0.579 bits per heavy atom. The van der Waals surface area contributed by atoms with E-state index in [9.17, 15) is 0 Å². The summed E-state index contributed by atoms with van der Waals surface area (Å²) in [7, 11) is 0. The van der Waals surface area contributed by atoms with Crippen LogP contribution in [0.15, 0.2) is 36.7 Å². The fourth-order valence-corrected chi connectivity index (χ4v) is 5.04. The van der Waals surface area contributed by atoms with E-state index in [0.717, 1.165) is 54.9 Å². The lowest BCUT2D eigenvalue weighted by molar-refractivity contribution is 0.302. The molecule has 0 unspecified atom stereocenters. The second-order valence-corrected chi connectivity index (χ2v) is 11.4. The third-order valence-electron chi connectivity index (χ3n) is 7.73. The largest absolute Gasteiger partial charge is 0.494 e. The quantitative estimate of drug-likeness (QED) is 0.129. The molecule has 1 aromatic heterocycles. The smallest absolute Gasteiger partial charge is 0.159 e. The lowest BCUT2D eigenvalue weighted by Crippen LogP contribution is -1.99. The Morgan fingerprint density at radius 3 is 1.58 bits per heavy atom. The number of benzene rings is 1. The van der Waals surface area contributed by atoms with Gasteiger partial charge in [0.1, 0.15) is 5.75 Å². The van der Waals surface area contributed by atoms with Gasteiger partial charge in [-0.25, -0.2) is 9.97 Å². The van der Waals surface area contributed by atoms with Gasteiger partial charge in [-0.1, -0.05) is 122 Å². The van der Waals surface area contributed by atoms with E-state index >= 15 is 0 Å². The standard InChI is InChI=1S/C34H54N2O2/c1-2-3-4-5-6-7-8-11-14-17-26-37-32-24-22-31(23-25-32)34-35-28-33(29-36-34)38-27-18-15-12-9-10-13-16-19-30-20-21-30/h22-25,28-30H,2-21,26-27H2,1H3. The molecular weight excluding hydrogens is 468 g/mol. The molecule has 0 spiro atoms. The summed E-state index contributed by atoms with van der Waals surface area (Å²) >= 11 is 0. The number of aromatic nitrogens is 2. The van der Waals surface area contributed by atoms with E-state index in [1.807, 2.05) is 24.3 Å². The summed E-state index contributed by atoms with van der Waals surface area (Å²) in [6.45, 7) is 3.81. The first-order valence-corrected chi connectivity index (χ1v) is 16.0. The van der Waals surface area contributed by atoms with Gasteiger partial charge in [0.05, 0.1) is 25.6 Å². The Balaban J connectivity index is 1.18. The lowest BCUT2D eigenvalue weighted by atomic mass is 10.1. The molecule has 1 aromatic carbocycles. The first kappa shape index (κ1) is 30.4. The minimum Gasteiger partial charge on any atom is -0.494 e. The zero-order chi connectivity index (χ0) is 26.5. The number of ether oxygens (including phenoxy) is 2. The van der Waals surface area contributed by atoms with Crippen LogP contribution >= 0.6 is 0 Å². The average Bonchev–Trinajstić information content (AvgIpc) is 3.78. The molecule has 212 valence electrons. The van der Waals surface area contributed by atoms with E-state index in [1.165, 1.54) is 116 Å². The van der Waals surface area contributed by atoms with Crippen molar-refractivity contribution in [2.45, 2.75) is 135 Å². The summed E-state index contributed by atoms with van der Waals surface area (Å²) in [5.74, 6) is 3.49. The van der Waals surface area contributed by atoms with Gasteiger partial charge in [0.2, 0.25) is 0 Å². The van der Waals surface area contributed by atoms with Gasteiger partial charge in [-0.15, -0.1) is 0 Å². The van der Waals surface area contributed by atoms with Crippen LogP contribution in [0.4, 0.5) is 0 Å². The fourth-order valence-electron chi connectivity index (χ4n) is 5.04. The summed E-state index contributed by atoms with van der Waals surface area (Å²) in [6.07, 6.45) is 30.8. The van der Waals surface area contributed by atoms with E-state index in [1.54, 1.807) is 12.4 Å². The molecule has 0 bridgehead atoms. The van der Waals surface area contributed by atoms with Crippen LogP contribution in [0, 0.1) is 5.92 Å². The molecule has 1 fully saturated rings. The highest BCUT2D eigenvalue weighted by Gasteiger charge is 2.19. The molecule has 3 rings (SSSR count). The summed E-state index contributed by atoms with van der Waals surface area (Å²) in [4.78, 5) is 9.01. The predicted octanol–water partition coefficient (Wildman–Crippen LogP) is 10.4. The highest BCUT2D eigenvalue weighted by atomic mass is 16.5. The minimum absolute atomic E-state index is 0.722. The van der Waals surface area contributed by atoms with Crippen molar-refractivity contribution in [1.29, 1.82) is 0 Å². The van der Waals surface area contributed by atoms with Crippen molar-refractivity contribution in [2.75, 3.05) is 13.2 Å². The Bertz CT molecular complexity index is 817. The van der Waals surface area contributed by atoms with E-state index in [4.69, 9.17) is 9.47 Å². The maximum Gasteiger partial charge on any atom is 0.159 e. The van der Waals surface area contributed by atoms with Crippen molar-refractivity contribution < 1.29 is 9.47 Å². The SMILES string of the molecule is CCCCCCCCCCCCOc1ccc(-c2ncc(OCCCCCCCCCC3CC3)cn2)cc1. The Kier molecular flexibility index (Phi) is 15.9. The molecule has 1 aliphatic carbocycles. The Morgan fingerprint density at radius 2 is 1.05 bits per heavy atom. The number of hydrogen-bond donors (Lipinski definition) is 0. The van der Waals surface area contributed by atoms with Crippen LogP contribution in [-0.2, 0) is 0 Å². The van der Waals surface area contributed by atoms with Gasteiger partial charge < -0.3 is 9.47 Å². The molecule has 1 aliphatic rings. The van der Waals surface area contributed by atoms with Crippen LogP contribution in [0.25, 0.3) is 11.4 Å². The lowest BCUT2D eigenvalue weighted by Gasteiger charge is -2.08. The third-order valence-corrected chi connectivity index (χ3v) is 7.73. The van der Waals surface area contributed by atoms with Gasteiger partial charge >= 0.3 is 0 Å². The molecule has 1 saturated carbocycles. The Labute approximate surface area is 233 Å². The normalized spacial score (nSPS) is 13.1. The molecule has 4 heteroatoms. The molecule has 0 atom stereocenters. The topological polar surface area (TPSA) is 44.2 Å². The van der Waals surface area contributed by atoms with E-state index in [-0.39, 0.29) is 0 Å². The summed E-state index contributed by atoms with van der Waals surface area (Å²) < 4.78 is 11.8. The first-order chi connectivity index (χ1) is 18.8. The first-order valence-electron chi connectivity index (χ1n) is 16.0. The summed E-state index contributed by atoms with van der Waals surface area (Å²) in [6, 6.07) is 8.12. The van der Waals surface area contributed by atoms with Crippen molar-refractivity contribution in [3.8, 4) is 22.9 Å². The van der Waals surface area contributed by atoms with E-state index < -0.39 is 0 Å². The molecular formula is C34H54N2O2. The molecule has 0 aliphatic heterocycles. The highest BCUT2D eigenvalue weighted by Crippen LogP contribution is 2.34. The van der Waals surface area contributed by atoms with Gasteiger partial charge in [-0.3, -0.25) is 0 Å². The average molecular weight is 523 g/mol. The molecule has 0 N–H and O–H groups in total. The van der Waals surface area contributed by atoms with Gasteiger partial charge in [-0.05, 0) is 43.0 Å². The van der Waals surface area contributed by atoms with E-state index in [0.29, 0.717) is 0 Å². The summed E-state index contributed by atoms with van der Waals surface area (Å²) in [5.41, 5.74) is 1.000. The van der Waals surface area contributed by atoms with Crippen molar-refractivity contribution >= 4 is 0 Å².